The predicted octanol–water partition coefficient (Wildman–Crippen LogP) is 4.21. The van der Waals surface area contributed by atoms with Crippen molar-refractivity contribution in [3.63, 3.8) is 0 Å². The summed E-state index contributed by atoms with van der Waals surface area (Å²) in [6.07, 6.45) is -1.43. The fraction of sp³-hybridized carbons (Fsp3) is 0.516. The maximum absolute atomic E-state index is 13.4. The number of amides is 3. The lowest BCUT2D eigenvalue weighted by molar-refractivity contribution is -0.140. The molecular weight excluding hydrogens is 551 g/mol. The number of alkyl halides is 3. The minimum Gasteiger partial charge on any atom is -0.385 e. The van der Waals surface area contributed by atoms with E-state index in [1.54, 1.807) is 17.0 Å². The summed E-state index contributed by atoms with van der Waals surface area (Å²) in [5.41, 5.74) is -0.488. The first-order chi connectivity index (χ1) is 20.0. The van der Waals surface area contributed by atoms with Gasteiger partial charge in [0.1, 0.15) is 0 Å². The highest BCUT2D eigenvalue weighted by molar-refractivity contribution is 6.23. The third kappa shape index (κ3) is 5.28. The number of likely N-dealkylation sites (tertiary alicyclic amines) is 1. The Hall–Kier alpha value is -3.44. The van der Waals surface area contributed by atoms with E-state index < -0.39 is 17.3 Å². The lowest BCUT2D eigenvalue weighted by Crippen LogP contribution is -2.49. The lowest BCUT2D eigenvalue weighted by atomic mass is 9.83. The van der Waals surface area contributed by atoms with E-state index in [2.05, 4.69) is 4.90 Å². The molecule has 42 heavy (non-hydrogen) atoms. The van der Waals surface area contributed by atoms with Gasteiger partial charge in [-0.3, -0.25) is 19.3 Å². The van der Waals surface area contributed by atoms with Gasteiger partial charge in [-0.05, 0) is 68.4 Å². The summed E-state index contributed by atoms with van der Waals surface area (Å²) in [7, 11) is 0. The number of piperidine rings is 2. The molecule has 0 aromatic heterocycles. The standard InChI is InChI=1S/C31H34F3N3O5/c32-31(33,34)22-5-1-4-21(18-22)30(41)11-15-36(16-12-30)27(38)20-9-13-35(14-10-20)25-8-2-7-24-26(25)29(40)37(28(24)39)19-23-6-3-17-42-23/h1-2,4-5,7-8,18,20,23,41H,3,6,9-17,19H2. The molecule has 3 saturated heterocycles. The van der Waals surface area contributed by atoms with Crippen molar-refractivity contribution >= 4 is 23.4 Å². The summed E-state index contributed by atoms with van der Waals surface area (Å²) in [6.45, 7) is 2.50. The van der Waals surface area contributed by atoms with E-state index in [1.165, 1.54) is 17.0 Å². The number of benzene rings is 2. The van der Waals surface area contributed by atoms with Crippen molar-refractivity contribution in [2.24, 2.45) is 5.92 Å². The smallest absolute Gasteiger partial charge is 0.385 e. The second-order valence-electron chi connectivity index (χ2n) is 11.8. The van der Waals surface area contributed by atoms with E-state index in [0.29, 0.717) is 49.4 Å². The summed E-state index contributed by atoms with van der Waals surface area (Å²) in [4.78, 5) is 44.8. The number of anilines is 1. The monoisotopic (exact) mass is 585 g/mol. The first-order valence-corrected chi connectivity index (χ1v) is 14.6. The van der Waals surface area contributed by atoms with Crippen molar-refractivity contribution in [2.45, 2.75) is 56.4 Å². The molecule has 0 saturated carbocycles. The molecule has 4 aliphatic rings. The summed E-state index contributed by atoms with van der Waals surface area (Å²) in [5, 5.41) is 11.1. The number of halogens is 3. The van der Waals surface area contributed by atoms with Gasteiger partial charge in [-0.2, -0.15) is 13.2 Å². The van der Waals surface area contributed by atoms with Gasteiger partial charge in [-0.15, -0.1) is 0 Å². The molecule has 2 aromatic carbocycles. The van der Waals surface area contributed by atoms with Crippen LogP contribution in [0.5, 0.6) is 0 Å². The van der Waals surface area contributed by atoms with Crippen molar-refractivity contribution in [1.82, 2.24) is 9.80 Å². The van der Waals surface area contributed by atoms with Crippen LogP contribution in [0.2, 0.25) is 0 Å². The second kappa shape index (κ2) is 11.0. The lowest BCUT2D eigenvalue weighted by Gasteiger charge is -2.41. The largest absolute Gasteiger partial charge is 0.416 e. The third-order valence-electron chi connectivity index (χ3n) is 9.20. The Bertz CT molecular complexity index is 1370. The molecule has 0 aliphatic carbocycles. The zero-order chi connectivity index (χ0) is 29.6. The SMILES string of the molecule is O=C(C1CCN(c2cccc3c2C(=O)N(CC2CCCO2)C3=O)CC1)N1CCC(O)(c2cccc(C(F)(F)F)c2)CC1. The highest BCUT2D eigenvalue weighted by Gasteiger charge is 2.42. The second-order valence-corrected chi connectivity index (χ2v) is 11.8. The topological polar surface area (TPSA) is 90.4 Å². The van der Waals surface area contributed by atoms with Gasteiger partial charge in [-0.25, -0.2) is 0 Å². The van der Waals surface area contributed by atoms with Gasteiger partial charge in [0, 0.05) is 38.7 Å². The number of hydrogen-bond donors (Lipinski definition) is 1. The molecule has 2 aromatic rings. The molecule has 4 aliphatic heterocycles. The molecule has 224 valence electrons. The zero-order valence-electron chi connectivity index (χ0n) is 23.2. The van der Waals surface area contributed by atoms with E-state index >= 15 is 0 Å². The zero-order valence-corrected chi connectivity index (χ0v) is 23.2. The van der Waals surface area contributed by atoms with Crippen LogP contribution < -0.4 is 4.90 Å². The third-order valence-corrected chi connectivity index (χ3v) is 9.20. The van der Waals surface area contributed by atoms with Gasteiger partial charge >= 0.3 is 6.18 Å². The van der Waals surface area contributed by atoms with E-state index in [1.807, 2.05) is 6.07 Å². The van der Waals surface area contributed by atoms with Crippen molar-refractivity contribution in [2.75, 3.05) is 44.2 Å². The Balaban J connectivity index is 1.07. The van der Waals surface area contributed by atoms with E-state index in [-0.39, 0.29) is 67.8 Å². The average Bonchev–Trinajstić information content (AvgIpc) is 3.60. The van der Waals surface area contributed by atoms with Crippen molar-refractivity contribution in [3.8, 4) is 0 Å². The summed E-state index contributed by atoms with van der Waals surface area (Å²) in [5.74, 6) is -0.854. The molecule has 6 rings (SSSR count). The molecular formula is C31H34F3N3O5. The highest BCUT2D eigenvalue weighted by Crippen LogP contribution is 2.38. The molecule has 1 unspecified atom stereocenters. The maximum Gasteiger partial charge on any atom is 0.416 e. The van der Waals surface area contributed by atoms with Gasteiger partial charge in [0.15, 0.2) is 0 Å². The number of fused-ring (bicyclic) bond motifs is 1. The number of imide groups is 1. The maximum atomic E-state index is 13.4. The normalized spacial score (nSPS) is 23.0. The van der Waals surface area contributed by atoms with Gasteiger partial charge in [0.25, 0.3) is 11.8 Å². The Morgan fingerprint density at radius 3 is 2.36 bits per heavy atom. The number of rotatable bonds is 5. The molecule has 8 nitrogen and oxygen atoms in total. The van der Waals surface area contributed by atoms with Gasteiger partial charge in [0.05, 0.1) is 40.6 Å². The molecule has 3 fully saturated rings. The van der Waals surface area contributed by atoms with Crippen molar-refractivity contribution in [3.05, 3.63) is 64.7 Å². The van der Waals surface area contributed by atoms with Gasteiger partial charge in [0.2, 0.25) is 5.91 Å². The van der Waals surface area contributed by atoms with Crippen LogP contribution in [-0.2, 0) is 21.3 Å². The molecule has 4 heterocycles. The van der Waals surface area contributed by atoms with Crippen LogP contribution in [0, 0.1) is 5.92 Å². The first-order valence-electron chi connectivity index (χ1n) is 14.6. The van der Waals surface area contributed by atoms with Crippen LogP contribution in [0.15, 0.2) is 42.5 Å². The predicted molar refractivity (Wildman–Crippen MR) is 147 cm³/mol. The van der Waals surface area contributed by atoms with E-state index in [0.717, 1.165) is 25.0 Å². The van der Waals surface area contributed by atoms with Crippen LogP contribution in [0.3, 0.4) is 0 Å². The van der Waals surface area contributed by atoms with E-state index in [4.69, 9.17) is 4.74 Å². The van der Waals surface area contributed by atoms with Crippen LogP contribution in [0.4, 0.5) is 18.9 Å². The summed E-state index contributed by atoms with van der Waals surface area (Å²) < 4.78 is 45.2. The number of hydrogen-bond acceptors (Lipinski definition) is 6. The quantitative estimate of drug-likeness (QED) is 0.529. The van der Waals surface area contributed by atoms with Crippen LogP contribution in [0.25, 0.3) is 0 Å². The molecule has 3 amide bonds. The molecule has 0 radical (unpaired) electrons. The minimum atomic E-state index is -4.50. The summed E-state index contributed by atoms with van der Waals surface area (Å²) in [6, 6.07) is 10.1. The molecule has 0 spiro atoms. The molecule has 0 bridgehead atoms. The number of carbonyl (C=O) groups excluding carboxylic acids is 3. The highest BCUT2D eigenvalue weighted by atomic mass is 19.4. The molecule has 11 heteroatoms. The Kier molecular flexibility index (Phi) is 7.51. The van der Waals surface area contributed by atoms with Crippen LogP contribution >= 0.6 is 0 Å². The number of aliphatic hydroxyl groups is 1. The fourth-order valence-electron chi connectivity index (χ4n) is 6.73. The van der Waals surface area contributed by atoms with Crippen molar-refractivity contribution in [1.29, 1.82) is 0 Å². The minimum absolute atomic E-state index is 0.0203. The fourth-order valence-corrected chi connectivity index (χ4v) is 6.73. The number of ether oxygens (including phenoxy) is 1. The van der Waals surface area contributed by atoms with Gasteiger partial charge in [-0.1, -0.05) is 18.2 Å². The van der Waals surface area contributed by atoms with Crippen LogP contribution in [-0.4, -0.2) is 78.1 Å². The summed E-state index contributed by atoms with van der Waals surface area (Å²) >= 11 is 0. The van der Waals surface area contributed by atoms with Gasteiger partial charge < -0.3 is 19.6 Å². The number of nitrogens with zero attached hydrogens (tertiary/aromatic N) is 3. The Morgan fingerprint density at radius 1 is 0.976 bits per heavy atom. The molecule has 1 N–H and O–H groups in total. The Morgan fingerprint density at radius 2 is 1.69 bits per heavy atom. The van der Waals surface area contributed by atoms with Crippen molar-refractivity contribution < 1.29 is 37.4 Å². The number of carbonyl (C=O) groups is 3. The first kappa shape index (κ1) is 28.7. The average molecular weight is 586 g/mol. The van der Waals surface area contributed by atoms with E-state index in [9.17, 15) is 32.7 Å². The van der Waals surface area contributed by atoms with Crippen LogP contribution in [0.1, 0.15) is 70.4 Å². The Labute approximate surface area is 242 Å². The molecule has 1 atom stereocenters.